The molecule has 1 aliphatic rings. The standard InChI is InChI=1S/C19H21N5O2S/c1-23(2)27(25,26)17-8-7-16-18-14(17)5-3-6-15(18)19(22-16)21-9-4-11-24-12-10-20-13-24/h3,5-8,10,12-13H,4,9,11H2,1-2H3,(H,21,22). The summed E-state index contributed by atoms with van der Waals surface area (Å²) < 4.78 is 28.6. The Morgan fingerprint density at radius 3 is 2.81 bits per heavy atom. The van der Waals surface area contributed by atoms with Gasteiger partial charge >= 0.3 is 0 Å². The molecule has 7 nitrogen and oxygen atoms in total. The van der Waals surface area contributed by atoms with Crippen LogP contribution in [0.4, 0.5) is 5.69 Å². The van der Waals surface area contributed by atoms with Gasteiger partial charge in [-0.3, -0.25) is 4.99 Å². The maximum atomic E-state index is 12.7. The molecule has 27 heavy (non-hydrogen) atoms. The van der Waals surface area contributed by atoms with Crippen molar-refractivity contribution in [1.82, 2.24) is 13.9 Å². The predicted octanol–water partition coefficient (Wildman–Crippen LogP) is 2.55. The second kappa shape index (κ2) is 6.79. The summed E-state index contributed by atoms with van der Waals surface area (Å²) in [6.45, 7) is 1.53. The first-order valence-corrected chi connectivity index (χ1v) is 10.2. The van der Waals surface area contributed by atoms with Gasteiger partial charge in [0.2, 0.25) is 10.0 Å². The zero-order valence-electron chi connectivity index (χ0n) is 15.3. The highest BCUT2D eigenvalue weighted by atomic mass is 32.2. The second-order valence-electron chi connectivity index (χ2n) is 6.64. The van der Waals surface area contributed by atoms with Gasteiger partial charge in [-0.2, -0.15) is 0 Å². The van der Waals surface area contributed by atoms with Gasteiger partial charge in [-0.25, -0.2) is 17.7 Å². The number of nitrogens with zero attached hydrogens (tertiary/aromatic N) is 4. The number of nitrogens with one attached hydrogen (secondary N) is 1. The van der Waals surface area contributed by atoms with Gasteiger partial charge < -0.3 is 9.88 Å². The van der Waals surface area contributed by atoms with Crippen LogP contribution < -0.4 is 5.32 Å². The zero-order chi connectivity index (χ0) is 19.0. The maximum Gasteiger partial charge on any atom is 0.243 e. The van der Waals surface area contributed by atoms with E-state index in [4.69, 9.17) is 4.99 Å². The Balaban J connectivity index is 1.66. The summed E-state index contributed by atoms with van der Waals surface area (Å²) in [4.78, 5) is 9.05. The largest absolute Gasteiger partial charge is 0.339 e. The number of benzene rings is 2. The Bertz CT molecular complexity index is 1120. The van der Waals surface area contributed by atoms with Crippen LogP contribution in [0.2, 0.25) is 0 Å². The van der Waals surface area contributed by atoms with Crippen molar-refractivity contribution in [3.8, 4) is 0 Å². The van der Waals surface area contributed by atoms with Crippen molar-refractivity contribution in [2.45, 2.75) is 17.9 Å². The molecule has 0 saturated heterocycles. The number of aliphatic imine (C=N–C) groups is 1. The number of hydrogen-bond acceptors (Lipinski definition) is 4. The molecule has 0 bridgehead atoms. The first-order valence-electron chi connectivity index (χ1n) is 8.74. The van der Waals surface area contributed by atoms with Crippen molar-refractivity contribution in [2.75, 3.05) is 26.0 Å². The third-order valence-electron chi connectivity index (χ3n) is 4.67. The van der Waals surface area contributed by atoms with E-state index >= 15 is 0 Å². The van der Waals surface area contributed by atoms with Crippen molar-refractivity contribution < 1.29 is 8.42 Å². The molecule has 0 aliphatic carbocycles. The molecule has 3 aromatic rings. The number of amidine groups is 1. The van der Waals surface area contributed by atoms with E-state index in [0.717, 1.165) is 40.8 Å². The molecule has 1 N–H and O–H groups in total. The fraction of sp³-hybridized carbons (Fsp3) is 0.263. The maximum absolute atomic E-state index is 12.7. The van der Waals surface area contributed by atoms with Gasteiger partial charge in [0.1, 0.15) is 5.84 Å². The summed E-state index contributed by atoms with van der Waals surface area (Å²) >= 11 is 0. The average Bonchev–Trinajstić information content (AvgIpc) is 3.28. The van der Waals surface area contributed by atoms with E-state index in [1.165, 1.54) is 4.31 Å². The highest BCUT2D eigenvalue weighted by molar-refractivity contribution is 7.89. The molecule has 140 valence electrons. The van der Waals surface area contributed by atoms with E-state index in [1.807, 2.05) is 35.0 Å². The Kier molecular flexibility index (Phi) is 4.45. The molecule has 0 fully saturated rings. The first-order chi connectivity index (χ1) is 13.0. The van der Waals surface area contributed by atoms with E-state index in [2.05, 4.69) is 10.3 Å². The van der Waals surface area contributed by atoms with Crippen molar-refractivity contribution in [2.24, 2.45) is 4.99 Å². The summed E-state index contributed by atoms with van der Waals surface area (Å²) in [6, 6.07) is 9.18. The number of anilines is 1. The average molecular weight is 383 g/mol. The summed E-state index contributed by atoms with van der Waals surface area (Å²) in [5, 5.41) is 4.96. The molecular weight excluding hydrogens is 362 g/mol. The number of sulfonamides is 1. The van der Waals surface area contributed by atoms with Crippen LogP contribution in [0.5, 0.6) is 0 Å². The zero-order valence-corrected chi connectivity index (χ0v) is 16.1. The van der Waals surface area contributed by atoms with E-state index < -0.39 is 10.0 Å². The second-order valence-corrected chi connectivity index (χ2v) is 8.76. The molecule has 1 aromatic heterocycles. The van der Waals surface area contributed by atoms with Crippen molar-refractivity contribution in [1.29, 1.82) is 0 Å². The number of hydrogen-bond donors (Lipinski definition) is 1. The van der Waals surface area contributed by atoms with Crippen LogP contribution in [0.25, 0.3) is 10.8 Å². The predicted molar refractivity (Wildman–Crippen MR) is 107 cm³/mol. The van der Waals surface area contributed by atoms with Crippen LogP contribution in [-0.2, 0) is 16.6 Å². The number of aryl methyl sites for hydroxylation is 1. The van der Waals surface area contributed by atoms with E-state index in [9.17, 15) is 8.42 Å². The minimum Gasteiger partial charge on any atom is -0.339 e. The third-order valence-corrected chi connectivity index (χ3v) is 6.54. The minimum atomic E-state index is -3.52. The molecule has 0 unspecified atom stereocenters. The highest BCUT2D eigenvalue weighted by Gasteiger charge is 2.26. The van der Waals surface area contributed by atoms with Gasteiger partial charge in [0.25, 0.3) is 0 Å². The van der Waals surface area contributed by atoms with E-state index in [-0.39, 0.29) is 0 Å². The fourth-order valence-electron chi connectivity index (χ4n) is 3.29. The quantitative estimate of drug-likeness (QED) is 0.664. The van der Waals surface area contributed by atoms with Gasteiger partial charge in [-0.1, -0.05) is 18.2 Å². The Hall–Kier alpha value is -2.71. The summed E-state index contributed by atoms with van der Waals surface area (Å²) in [6.07, 6.45) is 6.39. The van der Waals surface area contributed by atoms with Crippen molar-refractivity contribution in [3.63, 3.8) is 0 Å². The smallest absolute Gasteiger partial charge is 0.243 e. The lowest BCUT2D eigenvalue weighted by atomic mass is 10.1. The molecule has 2 aromatic carbocycles. The molecule has 0 atom stereocenters. The van der Waals surface area contributed by atoms with E-state index in [1.54, 1.807) is 32.7 Å². The Morgan fingerprint density at radius 1 is 1.22 bits per heavy atom. The minimum absolute atomic E-state index is 0.316. The van der Waals surface area contributed by atoms with Gasteiger partial charge in [-0.05, 0) is 18.6 Å². The van der Waals surface area contributed by atoms with Gasteiger partial charge in [0.15, 0.2) is 0 Å². The van der Waals surface area contributed by atoms with Gasteiger partial charge in [0.05, 0.1) is 11.2 Å². The van der Waals surface area contributed by atoms with Crippen LogP contribution in [0, 0.1) is 0 Å². The highest BCUT2D eigenvalue weighted by Crippen LogP contribution is 2.37. The summed E-state index contributed by atoms with van der Waals surface area (Å²) in [5.74, 6) is 0.792. The SMILES string of the molecule is CN(C)S(=O)(=O)c1ccc2c3c(cccc13)C(=NCCCn1ccnc1)N2. The molecule has 0 saturated carbocycles. The lowest BCUT2D eigenvalue weighted by molar-refractivity contribution is 0.521. The summed E-state index contributed by atoms with van der Waals surface area (Å²) in [7, 11) is -0.424. The Morgan fingerprint density at radius 2 is 2.07 bits per heavy atom. The number of rotatable bonds is 6. The molecule has 4 rings (SSSR count). The molecular formula is C19H21N5O2S. The topological polar surface area (TPSA) is 79.6 Å². The van der Waals surface area contributed by atoms with Crippen molar-refractivity contribution >= 4 is 32.3 Å². The van der Waals surface area contributed by atoms with Crippen LogP contribution in [0.15, 0.2) is 58.9 Å². The molecule has 0 spiro atoms. The van der Waals surface area contributed by atoms with Gasteiger partial charge in [0, 0.05) is 61.6 Å². The lowest BCUT2D eigenvalue weighted by Crippen LogP contribution is -2.22. The molecule has 1 aliphatic heterocycles. The monoisotopic (exact) mass is 383 g/mol. The Labute approximate surface area is 158 Å². The van der Waals surface area contributed by atoms with Crippen LogP contribution >= 0.6 is 0 Å². The molecule has 0 radical (unpaired) electrons. The van der Waals surface area contributed by atoms with Crippen molar-refractivity contribution in [3.05, 3.63) is 54.6 Å². The van der Waals surface area contributed by atoms with Crippen LogP contribution in [0.3, 0.4) is 0 Å². The van der Waals surface area contributed by atoms with Gasteiger partial charge in [-0.15, -0.1) is 0 Å². The lowest BCUT2D eigenvalue weighted by Gasteiger charge is -2.14. The normalized spacial score (nSPS) is 15.0. The number of imidazole rings is 1. The molecule has 2 heterocycles. The fourth-order valence-corrected chi connectivity index (χ4v) is 4.37. The van der Waals surface area contributed by atoms with E-state index in [0.29, 0.717) is 11.4 Å². The summed E-state index contributed by atoms with van der Waals surface area (Å²) in [5.41, 5.74) is 1.84. The molecule has 8 heteroatoms. The molecule has 0 amide bonds. The van der Waals surface area contributed by atoms with Crippen LogP contribution in [0.1, 0.15) is 12.0 Å². The number of aromatic nitrogens is 2. The van der Waals surface area contributed by atoms with Crippen LogP contribution in [-0.4, -0.2) is 48.7 Å². The third kappa shape index (κ3) is 3.11. The first kappa shape index (κ1) is 17.7.